The van der Waals surface area contributed by atoms with Crippen molar-refractivity contribution >= 4 is 5.91 Å². The molecule has 1 fully saturated rings. The van der Waals surface area contributed by atoms with Crippen molar-refractivity contribution < 1.29 is 19.0 Å². The average Bonchev–Trinajstić information content (AvgIpc) is 2.70. The number of hydrogen-bond acceptors (Lipinski definition) is 3. The van der Waals surface area contributed by atoms with Crippen molar-refractivity contribution in [2.24, 2.45) is 0 Å². The minimum Gasteiger partial charge on any atom is -0.494 e. The lowest BCUT2D eigenvalue weighted by atomic mass is 9.94. The summed E-state index contributed by atoms with van der Waals surface area (Å²) in [6, 6.07) is 3.97. The molecule has 0 spiro atoms. The number of aliphatic hydroxyl groups is 1. The standard InChI is InChI=1S/C16H22FNO3/c1-21-14-10-12(6-7-13(14)17)15(19)18-11-16(20)8-4-2-3-5-9-16/h6-7,10,20H,2-5,8-9,11H2,1H3,(H,18,19). The highest BCUT2D eigenvalue weighted by molar-refractivity contribution is 5.94. The number of rotatable bonds is 4. The van der Waals surface area contributed by atoms with Gasteiger partial charge in [0.05, 0.1) is 12.7 Å². The molecule has 0 radical (unpaired) electrons. The second kappa shape index (κ2) is 6.89. The fourth-order valence-corrected chi connectivity index (χ4v) is 2.71. The van der Waals surface area contributed by atoms with Gasteiger partial charge in [0.2, 0.25) is 0 Å². The molecule has 1 saturated carbocycles. The monoisotopic (exact) mass is 295 g/mol. The van der Waals surface area contributed by atoms with Crippen LogP contribution in [0.1, 0.15) is 48.9 Å². The fraction of sp³-hybridized carbons (Fsp3) is 0.562. The van der Waals surface area contributed by atoms with Gasteiger partial charge in [0.15, 0.2) is 11.6 Å². The largest absolute Gasteiger partial charge is 0.494 e. The van der Waals surface area contributed by atoms with Crippen LogP contribution in [0.5, 0.6) is 5.75 Å². The molecular formula is C16H22FNO3. The summed E-state index contributed by atoms with van der Waals surface area (Å²) in [5, 5.41) is 13.2. The number of carbonyl (C=O) groups excluding carboxylic acids is 1. The maximum atomic E-state index is 13.3. The summed E-state index contributed by atoms with van der Waals surface area (Å²) in [5.74, 6) is -0.793. The molecule has 5 heteroatoms. The Bertz CT molecular complexity index is 496. The lowest BCUT2D eigenvalue weighted by molar-refractivity contribution is 0.0246. The molecule has 2 N–H and O–H groups in total. The van der Waals surface area contributed by atoms with E-state index in [9.17, 15) is 14.3 Å². The minimum absolute atomic E-state index is 0.0378. The van der Waals surface area contributed by atoms with E-state index in [1.807, 2.05) is 0 Å². The van der Waals surface area contributed by atoms with Gasteiger partial charge in [0, 0.05) is 12.1 Å². The number of hydrogen-bond donors (Lipinski definition) is 2. The van der Waals surface area contributed by atoms with E-state index in [4.69, 9.17) is 4.74 Å². The molecule has 1 amide bonds. The number of methoxy groups -OCH3 is 1. The van der Waals surface area contributed by atoms with Gasteiger partial charge in [-0.2, -0.15) is 0 Å². The Morgan fingerprint density at radius 3 is 2.62 bits per heavy atom. The van der Waals surface area contributed by atoms with E-state index in [0.717, 1.165) is 25.7 Å². The number of benzene rings is 1. The van der Waals surface area contributed by atoms with Crippen molar-refractivity contribution in [2.45, 2.75) is 44.1 Å². The van der Waals surface area contributed by atoms with Crippen LogP contribution in [0.25, 0.3) is 0 Å². The van der Waals surface area contributed by atoms with E-state index in [0.29, 0.717) is 18.4 Å². The number of halogens is 1. The first-order chi connectivity index (χ1) is 10.0. The summed E-state index contributed by atoms with van der Waals surface area (Å²) >= 11 is 0. The summed E-state index contributed by atoms with van der Waals surface area (Å²) in [7, 11) is 1.36. The van der Waals surface area contributed by atoms with Gasteiger partial charge < -0.3 is 15.2 Å². The highest BCUT2D eigenvalue weighted by atomic mass is 19.1. The molecule has 0 heterocycles. The summed E-state index contributed by atoms with van der Waals surface area (Å²) in [6.07, 6.45) is 5.64. The summed E-state index contributed by atoms with van der Waals surface area (Å²) in [4.78, 5) is 12.1. The predicted octanol–water partition coefficient (Wildman–Crippen LogP) is 2.65. The molecule has 1 aromatic carbocycles. The summed E-state index contributed by atoms with van der Waals surface area (Å²) < 4.78 is 18.2. The van der Waals surface area contributed by atoms with Crippen molar-refractivity contribution in [1.29, 1.82) is 0 Å². The molecule has 0 bridgehead atoms. The number of nitrogens with one attached hydrogen (secondary N) is 1. The Morgan fingerprint density at radius 1 is 1.33 bits per heavy atom. The van der Waals surface area contributed by atoms with Crippen LogP contribution in [0.2, 0.25) is 0 Å². The first kappa shape index (κ1) is 15.8. The van der Waals surface area contributed by atoms with Crippen LogP contribution >= 0.6 is 0 Å². The van der Waals surface area contributed by atoms with Crippen molar-refractivity contribution in [3.63, 3.8) is 0 Å². The zero-order chi connectivity index (χ0) is 15.3. The molecule has 1 aliphatic rings. The Morgan fingerprint density at radius 2 is 2.00 bits per heavy atom. The Labute approximate surface area is 124 Å². The maximum Gasteiger partial charge on any atom is 0.251 e. The molecule has 0 aliphatic heterocycles. The third-order valence-electron chi connectivity index (χ3n) is 4.03. The van der Waals surface area contributed by atoms with Crippen LogP contribution in [0.15, 0.2) is 18.2 Å². The van der Waals surface area contributed by atoms with E-state index in [2.05, 4.69) is 5.32 Å². The molecular weight excluding hydrogens is 273 g/mol. The molecule has 0 saturated heterocycles. The summed E-state index contributed by atoms with van der Waals surface area (Å²) in [5.41, 5.74) is -0.499. The number of ether oxygens (including phenoxy) is 1. The van der Waals surface area contributed by atoms with Gasteiger partial charge in [-0.15, -0.1) is 0 Å². The van der Waals surface area contributed by atoms with Crippen molar-refractivity contribution in [3.8, 4) is 5.75 Å². The normalized spacial score (nSPS) is 17.9. The van der Waals surface area contributed by atoms with Gasteiger partial charge in [-0.1, -0.05) is 25.7 Å². The molecule has 21 heavy (non-hydrogen) atoms. The first-order valence-corrected chi connectivity index (χ1v) is 7.38. The minimum atomic E-state index is -0.823. The van der Waals surface area contributed by atoms with E-state index >= 15 is 0 Å². The topological polar surface area (TPSA) is 58.6 Å². The van der Waals surface area contributed by atoms with Crippen LogP contribution in [0.4, 0.5) is 4.39 Å². The van der Waals surface area contributed by atoms with Crippen LogP contribution in [-0.2, 0) is 0 Å². The Kier molecular flexibility index (Phi) is 5.17. The molecule has 1 aliphatic carbocycles. The zero-order valence-corrected chi connectivity index (χ0v) is 12.3. The summed E-state index contributed by atoms with van der Waals surface area (Å²) in [6.45, 7) is 0.228. The second-order valence-corrected chi connectivity index (χ2v) is 5.67. The molecule has 0 unspecified atom stereocenters. The second-order valence-electron chi connectivity index (χ2n) is 5.67. The molecule has 1 aromatic rings. The highest BCUT2D eigenvalue weighted by Crippen LogP contribution is 2.26. The van der Waals surface area contributed by atoms with Crippen molar-refractivity contribution in [3.05, 3.63) is 29.6 Å². The third kappa shape index (κ3) is 4.17. The highest BCUT2D eigenvalue weighted by Gasteiger charge is 2.28. The zero-order valence-electron chi connectivity index (χ0n) is 12.3. The van der Waals surface area contributed by atoms with E-state index < -0.39 is 11.4 Å². The van der Waals surface area contributed by atoms with E-state index in [1.165, 1.54) is 25.3 Å². The van der Waals surface area contributed by atoms with E-state index in [-0.39, 0.29) is 18.2 Å². The van der Waals surface area contributed by atoms with Gasteiger partial charge in [-0.05, 0) is 31.0 Å². The van der Waals surface area contributed by atoms with Crippen LogP contribution in [0.3, 0.4) is 0 Å². The van der Waals surface area contributed by atoms with Gasteiger partial charge in [0.1, 0.15) is 0 Å². The molecule has 2 rings (SSSR count). The molecule has 116 valence electrons. The van der Waals surface area contributed by atoms with Gasteiger partial charge in [0.25, 0.3) is 5.91 Å². The van der Waals surface area contributed by atoms with Gasteiger partial charge >= 0.3 is 0 Å². The Balaban J connectivity index is 1.98. The smallest absolute Gasteiger partial charge is 0.251 e. The molecule has 0 aromatic heterocycles. The lowest BCUT2D eigenvalue weighted by Crippen LogP contribution is -2.42. The quantitative estimate of drug-likeness (QED) is 0.840. The number of amides is 1. The van der Waals surface area contributed by atoms with Gasteiger partial charge in [-0.3, -0.25) is 4.79 Å². The van der Waals surface area contributed by atoms with Crippen LogP contribution < -0.4 is 10.1 Å². The maximum absolute atomic E-state index is 13.3. The number of carbonyl (C=O) groups is 1. The van der Waals surface area contributed by atoms with E-state index in [1.54, 1.807) is 0 Å². The van der Waals surface area contributed by atoms with Crippen molar-refractivity contribution in [2.75, 3.05) is 13.7 Å². The molecule has 4 nitrogen and oxygen atoms in total. The SMILES string of the molecule is COc1cc(C(=O)NCC2(O)CCCCCC2)ccc1F. The lowest BCUT2D eigenvalue weighted by Gasteiger charge is -2.26. The fourth-order valence-electron chi connectivity index (χ4n) is 2.71. The Hall–Kier alpha value is -1.62. The predicted molar refractivity (Wildman–Crippen MR) is 77.9 cm³/mol. The van der Waals surface area contributed by atoms with Crippen LogP contribution in [-0.4, -0.2) is 30.3 Å². The van der Waals surface area contributed by atoms with Crippen LogP contribution in [0, 0.1) is 5.82 Å². The third-order valence-corrected chi connectivity index (χ3v) is 4.03. The van der Waals surface area contributed by atoms with Crippen molar-refractivity contribution in [1.82, 2.24) is 5.32 Å². The molecule has 0 atom stereocenters. The average molecular weight is 295 g/mol. The first-order valence-electron chi connectivity index (χ1n) is 7.38. The van der Waals surface area contributed by atoms with Gasteiger partial charge in [-0.25, -0.2) is 4.39 Å².